The third-order valence-corrected chi connectivity index (χ3v) is 9.38. The molecule has 0 fully saturated rings. The number of halogens is 1. The summed E-state index contributed by atoms with van der Waals surface area (Å²) in [5.74, 6) is -0.584. The number of aromatic nitrogens is 2. The maximum absolute atomic E-state index is 13.0. The van der Waals surface area contributed by atoms with E-state index in [9.17, 15) is 24.9 Å². The molecule has 1 amide bonds. The number of carbonyl (C=O) groups excluding carboxylic acids is 2. The summed E-state index contributed by atoms with van der Waals surface area (Å²) in [5, 5.41) is 45.7. The molecule has 4 atom stereocenters. The van der Waals surface area contributed by atoms with Gasteiger partial charge in [-0.1, -0.05) is 86.3 Å². The van der Waals surface area contributed by atoms with Crippen molar-refractivity contribution in [1.82, 2.24) is 25.5 Å². The number of nitrogens with two attached hydrogens (primary N) is 2. The number of carbonyl (C=O) groups is 2. The van der Waals surface area contributed by atoms with E-state index in [-0.39, 0.29) is 40.7 Å². The molecular formula is C38H56ClN7O6. The molecule has 1 heterocycles. The van der Waals surface area contributed by atoms with Crippen molar-refractivity contribution in [3.8, 4) is 0 Å². The van der Waals surface area contributed by atoms with E-state index in [1.807, 2.05) is 41.3 Å². The molecule has 3 aromatic rings. The topological polar surface area (TPSA) is 220 Å². The fourth-order valence-electron chi connectivity index (χ4n) is 5.93. The highest BCUT2D eigenvalue weighted by Crippen LogP contribution is 2.18. The molecule has 0 aliphatic carbocycles. The molecule has 0 aliphatic rings. The number of nitrogens with zero attached hydrogens (tertiary/aromatic N) is 3. The molecule has 14 heteroatoms. The Morgan fingerprint density at radius 1 is 0.904 bits per heavy atom. The van der Waals surface area contributed by atoms with Crippen molar-refractivity contribution in [2.45, 2.75) is 83.6 Å². The maximum Gasteiger partial charge on any atom is 0.273 e. The first-order valence-electron chi connectivity index (χ1n) is 18.0. The third kappa shape index (κ3) is 14.0. The van der Waals surface area contributed by atoms with Gasteiger partial charge in [0.15, 0.2) is 28.3 Å². The standard InChI is InChI=1S/C38H56ClN7O6/c1-3-4-5-8-17-46(23-31(49)34(51)32(50)24-47)18-9-12-30(48)28-15-13-26(14-16-28)20-42-21-27(19-29-11-7-6-10-25(29)2)22-43-38(52)33-36(40)45-37(41)35(39)44-33/h6-7,10-11,13-16,27,31-32,34,42,47,49-51H,3-5,8-9,12,17-24H2,1-2H3,(H,43,52)(H4,40,41,45)/t27-,31+,32-,34-/m0/s1. The number of nitrogens with one attached hydrogen (secondary N) is 2. The van der Waals surface area contributed by atoms with Crippen molar-refractivity contribution in [3.05, 3.63) is 81.6 Å². The molecule has 0 aliphatic heterocycles. The van der Waals surface area contributed by atoms with Gasteiger partial charge in [-0.25, -0.2) is 9.97 Å². The number of anilines is 2. The van der Waals surface area contributed by atoms with E-state index in [1.165, 1.54) is 5.56 Å². The first kappa shape index (κ1) is 42.7. The summed E-state index contributed by atoms with van der Waals surface area (Å²) in [6.45, 7) is 6.44. The number of Topliss-reactive ketones (excluding diaryl/α,β-unsaturated/α-hetero) is 1. The van der Waals surface area contributed by atoms with E-state index in [0.717, 1.165) is 43.2 Å². The van der Waals surface area contributed by atoms with Crippen LogP contribution in [0.1, 0.15) is 83.0 Å². The van der Waals surface area contributed by atoms with Crippen LogP contribution < -0.4 is 22.1 Å². The molecule has 2 aromatic carbocycles. The Bertz CT molecular complexity index is 1550. The summed E-state index contributed by atoms with van der Waals surface area (Å²) in [5.41, 5.74) is 15.4. The van der Waals surface area contributed by atoms with Crippen LogP contribution in [0, 0.1) is 12.8 Å². The first-order chi connectivity index (χ1) is 24.9. The van der Waals surface area contributed by atoms with Crippen molar-refractivity contribution in [3.63, 3.8) is 0 Å². The number of hydrogen-bond acceptors (Lipinski definition) is 12. The number of ketones is 1. The van der Waals surface area contributed by atoms with Gasteiger partial charge in [0, 0.05) is 38.2 Å². The second-order valence-electron chi connectivity index (χ2n) is 13.4. The van der Waals surface area contributed by atoms with Gasteiger partial charge in [-0.3, -0.25) is 9.59 Å². The lowest BCUT2D eigenvalue weighted by molar-refractivity contribution is -0.0842. The fourth-order valence-corrected chi connectivity index (χ4v) is 6.05. The zero-order chi connectivity index (χ0) is 38.0. The number of amides is 1. The summed E-state index contributed by atoms with van der Waals surface area (Å²) in [6.07, 6.45) is 1.70. The second-order valence-corrected chi connectivity index (χ2v) is 13.7. The number of aliphatic hydroxyl groups excluding tert-OH is 4. The highest BCUT2D eigenvalue weighted by molar-refractivity contribution is 6.31. The van der Waals surface area contributed by atoms with Crippen molar-refractivity contribution < 1.29 is 30.0 Å². The second kappa shape index (κ2) is 22.4. The van der Waals surface area contributed by atoms with Crippen LogP contribution in [0.4, 0.5) is 11.6 Å². The average molecular weight is 742 g/mol. The highest BCUT2D eigenvalue weighted by Gasteiger charge is 2.26. The number of unbranched alkanes of at least 4 members (excludes halogenated alkanes) is 3. The SMILES string of the molecule is CCCCCCN(CCCC(=O)c1ccc(CNC[C@@H](CNC(=O)c2nc(Cl)c(N)nc2N)Cc2ccccc2C)cc1)C[C@@H](O)[C@H](O)[C@@H](O)CO. The number of hydrogen-bond donors (Lipinski definition) is 8. The first-order valence-corrected chi connectivity index (χ1v) is 18.4. The minimum atomic E-state index is -1.45. The van der Waals surface area contributed by atoms with Gasteiger partial charge in [0.2, 0.25) is 0 Å². The maximum atomic E-state index is 13.0. The summed E-state index contributed by atoms with van der Waals surface area (Å²) < 4.78 is 0. The van der Waals surface area contributed by atoms with Crippen molar-refractivity contribution in [1.29, 1.82) is 0 Å². The van der Waals surface area contributed by atoms with E-state index in [0.29, 0.717) is 51.1 Å². The Labute approximate surface area is 311 Å². The largest absolute Gasteiger partial charge is 0.394 e. The van der Waals surface area contributed by atoms with Crippen molar-refractivity contribution >= 4 is 34.9 Å². The molecule has 52 heavy (non-hydrogen) atoms. The molecule has 10 N–H and O–H groups in total. The van der Waals surface area contributed by atoms with E-state index in [1.54, 1.807) is 0 Å². The molecule has 0 saturated heterocycles. The Morgan fingerprint density at radius 2 is 1.62 bits per heavy atom. The van der Waals surface area contributed by atoms with Crippen LogP contribution in [-0.2, 0) is 13.0 Å². The van der Waals surface area contributed by atoms with Crippen LogP contribution in [-0.4, -0.2) is 105 Å². The van der Waals surface area contributed by atoms with E-state index >= 15 is 0 Å². The van der Waals surface area contributed by atoms with Crippen LogP contribution in [0.2, 0.25) is 5.15 Å². The quantitative estimate of drug-likeness (QED) is 0.0491. The monoisotopic (exact) mass is 741 g/mol. The van der Waals surface area contributed by atoms with Gasteiger partial charge in [-0.2, -0.15) is 0 Å². The van der Waals surface area contributed by atoms with Gasteiger partial charge in [-0.15, -0.1) is 0 Å². The van der Waals surface area contributed by atoms with Crippen LogP contribution in [0.25, 0.3) is 0 Å². The summed E-state index contributed by atoms with van der Waals surface area (Å²) >= 11 is 5.97. The zero-order valence-electron chi connectivity index (χ0n) is 30.3. The Hall–Kier alpha value is -3.69. The lowest BCUT2D eigenvalue weighted by Crippen LogP contribution is -2.46. The van der Waals surface area contributed by atoms with Crippen molar-refractivity contribution in [2.24, 2.45) is 5.92 Å². The van der Waals surface area contributed by atoms with E-state index < -0.39 is 30.8 Å². The molecule has 286 valence electrons. The van der Waals surface area contributed by atoms with Gasteiger partial charge in [0.05, 0.1) is 12.7 Å². The van der Waals surface area contributed by atoms with Gasteiger partial charge in [0.25, 0.3) is 5.91 Å². The summed E-state index contributed by atoms with van der Waals surface area (Å²) in [6, 6.07) is 15.6. The van der Waals surface area contributed by atoms with Crippen LogP contribution in [0.3, 0.4) is 0 Å². The molecular weight excluding hydrogens is 686 g/mol. The summed E-state index contributed by atoms with van der Waals surface area (Å²) in [7, 11) is 0. The predicted molar refractivity (Wildman–Crippen MR) is 204 cm³/mol. The van der Waals surface area contributed by atoms with Gasteiger partial charge >= 0.3 is 0 Å². The van der Waals surface area contributed by atoms with Crippen LogP contribution >= 0.6 is 11.6 Å². The van der Waals surface area contributed by atoms with E-state index in [4.69, 9.17) is 28.2 Å². The number of rotatable bonds is 24. The van der Waals surface area contributed by atoms with Gasteiger partial charge in [0.1, 0.15) is 12.2 Å². The van der Waals surface area contributed by atoms with Crippen LogP contribution in [0.5, 0.6) is 0 Å². The highest BCUT2D eigenvalue weighted by atomic mass is 35.5. The lowest BCUT2D eigenvalue weighted by atomic mass is 9.95. The zero-order valence-corrected chi connectivity index (χ0v) is 31.1. The number of aryl methyl sites for hydroxylation is 1. The molecule has 0 unspecified atom stereocenters. The van der Waals surface area contributed by atoms with Gasteiger partial charge in [-0.05, 0) is 61.9 Å². The lowest BCUT2D eigenvalue weighted by Gasteiger charge is -2.28. The smallest absolute Gasteiger partial charge is 0.273 e. The molecule has 0 spiro atoms. The summed E-state index contributed by atoms with van der Waals surface area (Å²) in [4.78, 5) is 35.9. The fraction of sp³-hybridized carbons (Fsp3) is 0.526. The van der Waals surface area contributed by atoms with Crippen molar-refractivity contribution in [2.75, 3.05) is 50.8 Å². The molecule has 3 rings (SSSR count). The minimum Gasteiger partial charge on any atom is -0.394 e. The number of benzene rings is 2. The molecule has 0 saturated carbocycles. The molecule has 13 nitrogen and oxygen atoms in total. The Morgan fingerprint density at radius 3 is 2.31 bits per heavy atom. The molecule has 0 radical (unpaired) electrons. The van der Waals surface area contributed by atoms with E-state index in [2.05, 4.69) is 46.6 Å². The number of nitrogen functional groups attached to an aromatic ring is 2. The third-order valence-electron chi connectivity index (χ3n) is 9.11. The van der Waals surface area contributed by atoms with Gasteiger partial charge < -0.3 is 47.4 Å². The Balaban J connectivity index is 1.53. The number of aliphatic hydroxyl groups is 4. The Kier molecular flexibility index (Phi) is 18.4. The normalized spacial score (nSPS) is 13.8. The molecule has 1 aromatic heterocycles. The molecule has 0 bridgehead atoms. The minimum absolute atomic E-state index is 0.0171. The average Bonchev–Trinajstić information content (AvgIpc) is 3.13. The van der Waals surface area contributed by atoms with Crippen LogP contribution in [0.15, 0.2) is 48.5 Å². The predicted octanol–water partition coefficient (Wildman–Crippen LogP) is 2.90.